The van der Waals surface area contributed by atoms with Crippen molar-refractivity contribution in [2.75, 3.05) is 20.3 Å². The topological polar surface area (TPSA) is 74.1 Å². The predicted octanol–water partition coefficient (Wildman–Crippen LogP) is 0.413. The highest BCUT2D eigenvalue weighted by atomic mass is 16.5. The van der Waals surface area contributed by atoms with Gasteiger partial charge >= 0.3 is 0 Å². The number of fused-ring (bicyclic) bond motifs is 1. The molecule has 0 fully saturated rings. The number of rotatable bonds is 7. The zero-order valence-electron chi connectivity index (χ0n) is 12.0. The Kier molecular flexibility index (Phi) is 4.42. The molecule has 1 aliphatic heterocycles. The molecule has 0 aliphatic carbocycles. The normalized spacial score (nSPS) is 16.7. The van der Waals surface area contributed by atoms with Gasteiger partial charge in [0.2, 0.25) is 0 Å². The van der Waals surface area contributed by atoms with Crippen LogP contribution in [0.4, 0.5) is 0 Å². The number of hydrogen-bond donors (Lipinski definition) is 1. The fraction of sp³-hybridized carbons (Fsp3) is 0.500. The standard InChI is InChI=1S/C14H19N5O2/c1-20-7-6-15-9-14-16-17-18-19(14)10-12-8-11-4-2-3-5-13(11)21-12/h2-5,12,15H,6-10H2,1H3. The molecule has 0 spiro atoms. The third-order valence-corrected chi connectivity index (χ3v) is 3.46. The molecule has 0 radical (unpaired) electrons. The number of nitrogens with zero attached hydrogens (tertiary/aromatic N) is 4. The first-order chi connectivity index (χ1) is 10.4. The summed E-state index contributed by atoms with van der Waals surface area (Å²) in [5, 5.41) is 15.1. The first-order valence-electron chi connectivity index (χ1n) is 7.06. The van der Waals surface area contributed by atoms with Gasteiger partial charge in [-0.05, 0) is 22.1 Å². The third-order valence-electron chi connectivity index (χ3n) is 3.46. The van der Waals surface area contributed by atoms with Gasteiger partial charge in [0.05, 0.1) is 19.7 Å². The molecule has 1 aliphatic rings. The summed E-state index contributed by atoms with van der Waals surface area (Å²) < 4.78 is 12.7. The molecule has 3 rings (SSSR count). The molecule has 0 bridgehead atoms. The number of aromatic nitrogens is 4. The summed E-state index contributed by atoms with van der Waals surface area (Å²) in [5.74, 6) is 1.78. The number of hydrogen-bond acceptors (Lipinski definition) is 6. The first-order valence-corrected chi connectivity index (χ1v) is 7.06. The zero-order chi connectivity index (χ0) is 14.5. The summed E-state index contributed by atoms with van der Waals surface area (Å²) in [7, 11) is 1.68. The Balaban J connectivity index is 1.56. The molecule has 2 heterocycles. The lowest BCUT2D eigenvalue weighted by atomic mass is 10.1. The number of ether oxygens (including phenoxy) is 2. The summed E-state index contributed by atoms with van der Waals surface area (Å²) in [6.45, 7) is 2.72. The largest absolute Gasteiger partial charge is 0.488 e. The molecular formula is C14H19N5O2. The second kappa shape index (κ2) is 6.64. The lowest BCUT2D eigenvalue weighted by Crippen LogP contribution is -2.26. The second-order valence-corrected chi connectivity index (χ2v) is 5.00. The van der Waals surface area contributed by atoms with Crippen molar-refractivity contribution in [3.63, 3.8) is 0 Å². The minimum atomic E-state index is 0.0867. The molecule has 1 aromatic carbocycles. The van der Waals surface area contributed by atoms with Crippen molar-refractivity contribution < 1.29 is 9.47 Å². The van der Waals surface area contributed by atoms with E-state index in [4.69, 9.17) is 9.47 Å². The van der Waals surface area contributed by atoms with Crippen molar-refractivity contribution in [2.24, 2.45) is 0 Å². The number of tetrazole rings is 1. The molecule has 21 heavy (non-hydrogen) atoms. The molecule has 0 amide bonds. The summed E-state index contributed by atoms with van der Waals surface area (Å²) in [5.41, 5.74) is 1.25. The van der Waals surface area contributed by atoms with Crippen LogP contribution in [0, 0.1) is 0 Å². The molecule has 2 aromatic rings. The highest BCUT2D eigenvalue weighted by molar-refractivity contribution is 5.37. The Morgan fingerprint density at radius 2 is 2.33 bits per heavy atom. The number of methoxy groups -OCH3 is 1. The van der Waals surface area contributed by atoms with Crippen molar-refractivity contribution in [3.8, 4) is 5.75 Å². The minimum absolute atomic E-state index is 0.0867. The van der Waals surface area contributed by atoms with Crippen LogP contribution >= 0.6 is 0 Å². The molecule has 1 N–H and O–H groups in total. The van der Waals surface area contributed by atoms with E-state index < -0.39 is 0 Å². The lowest BCUT2D eigenvalue weighted by Gasteiger charge is -2.11. The summed E-state index contributed by atoms with van der Waals surface area (Å²) in [6.07, 6.45) is 0.982. The van der Waals surface area contributed by atoms with Gasteiger partial charge in [0.25, 0.3) is 0 Å². The van der Waals surface area contributed by atoms with E-state index in [1.165, 1.54) is 5.56 Å². The highest BCUT2D eigenvalue weighted by Gasteiger charge is 2.24. The SMILES string of the molecule is COCCNCc1nnnn1CC1Cc2ccccc2O1. The van der Waals surface area contributed by atoms with Gasteiger partial charge in [0.1, 0.15) is 11.9 Å². The summed E-state index contributed by atoms with van der Waals surface area (Å²) in [4.78, 5) is 0. The Morgan fingerprint density at radius 3 is 3.19 bits per heavy atom. The summed E-state index contributed by atoms with van der Waals surface area (Å²) >= 11 is 0. The van der Waals surface area contributed by atoms with Crippen LogP contribution in [0.25, 0.3) is 0 Å². The molecule has 1 aromatic heterocycles. The van der Waals surface area contributed by atoms with E-state index >= 15 is 0 Å². The fourth-order valence-corrected chi connectivity index (χ4v) is 2.41. The van der Waals surface area contributed by atoms with E-state index in [0.29, 0.717) is 19.7 Å². The van der Waals surface area contributed by atoms with E-state index in [-0.39, 0.29) is 6.10 Å². The minimum Gasteiger partial charge on any atom is -0.488 e. The highest BCUT2D eigenvalue weighted by Crippen LogP contribution is 2.28. The van der Waals surface area contributed by atoms with Crippen LogP contribution in [0.5, 0.6) is 5.75 Å². The van der Waals surface area contributed by atoms with Gasteiger partial charge in [0, 0.05) is 20.1 Å². The average Bonchev–Trinajstić information content (AvgIpc) is 3.10. The molecule has 1 unspecified atom stereocenters. The average molecular weight is 289 g/mol. The maximum atomic E-state index is 5.92. The van der Waals surface area contributed by atoms with Crippen molar-refractivity contribution in [1.29, 1.82) is 0 Å². The predicted molar refractivity (Wildman–Crippen MR) is 76.0 cm³/mol. The Labute approximate surface area is 123 Å². The molecule has 112 valence electrons. The smallest absolute Gasteiger partial charge is 0.165 e. The fourth-order valence-electron chi connectivity index (χ4n) is 2.41. The second-order valence-electron chi connectivity index (χ2n) is 5.00. The molecule has 0 saturated carbocycles. The third kappa shape index (κ3) is 3.37. The van der Waals surface area contributed by atoms with Crippen LogP contribution in [0.1, 0.15) is 11.4 Å². The van der Waals surface area contributed by atoms with Gasteiger partial charge in [-0.15, -0.1) is 5.10 Å². The molecule has 1 atom stereocenters. The van der Waals surface area contributed by atoms with E-state index in [9.17, 15) is 0 Å². The zero-order valence-corrected chi connectivity index (χ0v) is 12.0. The molecule has 7 heteroatoms. The van der Waals surface area contributed by atoms with E-state index in [0.717, 1.165) is 24.5 Å². The van der Waals surface area contributed by atoms with Crippen molar-refractivity contribution >= 4 is 0 Å². The van der Waals surface area contributed by atoms with Crippen LogP contribution in [-0.2, 0) is 24.2 Å². The quantitative estimate of drug-likeness (QED) is 0.744. The van der Waals surface area contributed by atoms with Crippen LogP contribution in [0.2, 0.25) is 0 Å². The first kappa shape index (κ1) is 14.0. The van der Waals surface area contributed by atoms with Crippen LogP contribution in [-0.4, -0.2) is 46.6 Å². The van der Waals surface area contributed by atoms with E-state index in [1.54, 1.807) is 11.8 Å². The molecule has 7 nitrogen and oxygen atoms in total. The Morgan fingerprint density at radius 1 is 1.43 bits per heavy atom. The monoisotopic (exact) mass is 289 g/mol. The maximum Gasteiger partial charge on any atom is 0.165 e. The number of nitrogens with one attached hydrogen (secondary N) is 1. The van der Waals surface area contributed by atoms with Gasteiger partial charge < -0.3 is 14.8 Å². The van der Waals surface area contributed by atoms with Crippen LogP contribution < -0.4 is 10.1 Å². The van der Waals surface area contributed by atoms with Crippen molar-refractivity contribution in [3.05, 3.63) is 35.7 Å². The van der Waals surface area contributed by atoms with Crippen molar-refractivity contribution in [1.82, 2.24) is 25.5 Å². The molecular weight excluding hydrogens is 270 g/mol. The van der Waals surface area contributed by atoms with Gasteiger partial charge in [0.15, 0.2) is 5.82 Å². The Bertz CT molecular complexity index is 561. The van der Waals surface area contributed by atoms with Crippen molar-refractivity contribution in [2.45, 2.75) is 25.6 Å². The van der Waals surface area contributed by atoms with Crippen LogP contribution in [0.3, 0.4) is 0 Å². The molecule has 0 saturated heterocycles. The van der Waals surface area contributed by atoms with Gasteiger partial charge in [-0.3, -0.25) is 0 Å². The maximum absolute atomic E-state index is 5.92. The van der Waals surface area contributed by atoms with E-state index in [1.807, 2.05) is 18.2 Å². The van der Waals surface area contributed by atoms with Crippen LogP contribution in [0.15, 0.2) is 24.3 Å². The van der Waals surface area contributed by atoms with E-state index in [2.05, 4.69) is 26.9 Å². The number of benzene rings is 1. The summed E-state index contributed by atoms with van der Waals surface area (Å²) in [6, 6.07) is 8.13. The Hall–Kier alpha value is -1.99. The lowest BCUT2D eigenvalue weighted by molar-refractivity contribution is 0.195. The van der Waals surface area contributed by atoms with Gasteiger partial charge in [-0.2, -0.15) is 0 Å². The van der Waals surface area contributed by atoms with Gasteiger partial charge in [-0.1, -0.05) is 18.2 Å². The van der Waals surface area contributed by atoms with Gasteiger partial charge in [-0.25, -0.2) is 4.68 Å². The number of para-hydroxylation sites is 1.